The summed E-state index contributed by atoms with van der Waals surface area (Å²) in [5.41, 5.74) is -0.696. The van der Waals surface area contributed by atoms with Crippen molar-refractivity contribution in [2.24, 2.45) is 0 Å². The first kappa shape index (κ1) is 12.3. The van der Waals surface area contributed by atoms with E-state index in [1.807, 2.05) is 0 Å². The second-order valence-corrected chi connectivity index (χ2v) is 2.98. The smallest absolute Gasteiger partial charge is 0.339 e. The van der Waals surface area contributed by atoms with E-state index in [0.29, 0.717) is 0 Å². The Morgan fingerprint density at radius 2 is 2.12 bits per heavy atom. The molecule has 0 radical (unpaired) electrons. The third-order valence-corrected chi connectivity index (χ3v) is 1.93. The molecule has 16 heavy (non-hydrogen) atoms. The van der Waals surface area contributed by atoms with Gasteiger partial charge in [0.2, 0.25) is 0 Å². The van der Waals surface area contributed by atoms with Gasteiger partial charge < -0.3 is 20.1 Å². The standard InChI is InChI=1S/C10H11FO5/c1-2-16-10(15)9(14)7-5(11)3-4-6(12)8(7)13/h3-4,9,12-14H,2H2,1H3. The summed E-state index contributed by atoms with van der Waals surface area (Å²) in [6, 6.07) is 1.73. The zero-order valence-corrected chi connectivity index (χ0v) is 8.48. The molecule has 0 saturated heterocycles. The minimum atomic E-state index is -1.97. The fourth-order valence-electron chi connectivity index (χ4n) is 1.17. The summed E-state index contributed by atoms with van der Waals surface area (Å²) in [5.74, 6) is -3.60. The van der Waals surface area contributed by atoms with Crippen molar-refractivity contribution >= 4 is 5.97 Å². The van der Waals surface area contributed by atoms with E-state index in [-0.39, 0.29) is 6.61 Å². The summed E-state index contributed by atoms with van der Waals surface area (Å²) < 4.78 is 17.7. The molecule has 5 nitrogen and oxygen atoms in total. The maximum atomic E-state index is 13.2. The second-order valence-electron chi connectivity index (χ2n) is 2.98. The van der Waals surface area contributed by atoms with Gasteiger partial charge in [0.25, 0.3) is 0 Å². The Morgan fingerprint density at radius 3 is 2.69 bits per heavy atom. The lowest BCUT2D eigenvalue weighted by atomic mass is 10.1. The lowest BCUT2D eigenvalue weighted by Gasteiger charge is -2.12. The van der Waals surface area contributed by atoms with Crippen LogP contribution in [0.1, 0.15) is 18.6 Å². The number of ether oxygens (including phenoxy) is 1. The van der Waals surface area contributed by atoms with Crippen LogP contribution < -0.4 is 0 Å². The fraction of sp³-hybridized carbons (Fsp3) is 0.300. The minimum Gasteiger partial charge on any atom is -0.504 e. The summed E-state index contributed by atoms with van der Waals surface area (Å²) in [4.78, 5) is 11.1. The quantitative estimate of drug-likeness (QED) is 0.529. The largest absolute Gasteiger partial charge is 0.504 e. The molecule has 1 aromatic carbocycles. The molecule has 1 rings (SSSR count). The second kappa shape index (κ2) is 4.80. The van der Waals surface area contributed by atoms with E-state index in [1.54, 1.807) is 0 Å². The highest BCUT2D eigenvalue weighted by atomic mass is 19.1. The zero-order valence-electron chi connectivity index (χ0n) is 8.48. The molecule has 0 aromatic heterocycles. The third kappa shape index (κ3) is 2.22. The van der Waals surface area contributed by atoms with Crippen molar-refractivity contribution in [3.8, 4) is 11.5 Å². The molecule has 0 aliphatic heterocycles. The van der Waals surface area contributed by atoms with Gasteiger partial charge in [-0.25, -0.2) is 9.18 Å². The van der Waals surface area contributed by atoms with E-state index >= 15 is 0 Å². The Morgan fingerprint density at radius 1 is 1.50 bits per heavy atom. The summed E-state index contributed by atoms with van der Waals surface area (Å²) in [6.45, 7) is 1.53. The summed E-state index contributed by atoms with van der Waals surface area (Å²) in [7, 11) is 0. The highest BCUT2D eigenvalue weighted by molar-refractivity contribution is 5.77. The highest BCUT2D eigenvalue weighted by Crippen LogP contribution is 2.35. The van der Waals surface area contributed by atoms with Crippen LogP contribution in [0.15, 0.2) is 12.1 Å². The Hall–Kier alpha value is -1.82. The van der Waals surface area contributed by atoms with E-state index in [0.717, 1.165) is 12.1 Å². The van der Waals surface area contributed by atoms with Crippen molar-refractivity contribution in [3.05, 3.63) is 23.5 Å². The van der Waals surface area contributed by atoms with Gasteiger partial charge in [-0.15, -0.1) is 0 Å². The van der Waals surface area contributed by atoms with Crippen LogP contribution in [0, 0.1) is 5.82 Å². The zero-order chi connectivity index (χ0) is 12.3. The number of phenols is 2. The number of phenolic OH excluding ortho intramolecular Hbond substituents is 2. The number of carbonyl (C=O) groups excluding carboxylic acids is 1. The lowest BCUT2D eigenvalue weighted by Crippen LogP contribution is -2.16. The summed E-state index contributed by atoms with van der Waals surface area (Å²) in [5, 5.41) is 27.8. The SMILES string of the molecule is CCOC(=O)C(O)c1c(F)ccc(O)c1O. The lowest BCUT2D eigenvalue weighted by molar-refractivity contribution is -0.153. The van der Waals surface area contributed by atoms with E-state index in [9.17, 15) is 19.4 Å². The number of hydrogen-bond donors (Lipinski definition) is 3. The van der Waals surface area contributed by atoms with E-state index < -0.39 is 35.0 Å². The first-order chi connectivity index (χ1) is 7.49. The van der Waals surface area contributed by atoms with Crippen LogP contribution in [-0.2, 0) is 9.53 Å². The summed E-state index contributed by atoms with van der Waals surface area (Å²) in [6.07, 6.45) is -1.97. The van der Waals surface area contributed by atoms with Gasteiger partial charge in [0.1, 0.15) is 5.82 Å². The molecule has 0 fully saturated rings. The van der Waals surface area contributed by atoms with Gasteiger partial charge in [0, 0.05) is 0 Å². The Labute approximate surface area is 90.7 Å². The van der Waals surface area contributed by atoms with E-state index in [2.05, 4.69) is 4.74 Å². The molecule has 0 saturated carbocycles. The highest BCUT2D eigenvalue weighted by Gasteiger charge is 2.27. The number of carbonyl (C=O) groups is 1. The molecule has 0 spiro atoms. The number of aromatic hydroxyl groups is 2. The molecule has 0 aliphatic carbocycles. The molecule has 1 atom stereocenters. The number of halogens is 1. The van der Waals surface area contributed by atoms with Crippen molar-refractivity contribution in [2.75, 3.05) is 6.61 Å². The minimum absolute atomic E-state index is 0.0110. The maximum absolute atomic E-state index is 13.2. The van der Waals surface area contributed by atoms with Gasteiger partial charge in [0.05, 0.1) is 12.2 Å². The van der Waals surface area contributed by atoms with E-state index in [4.69, 9.17) is 5.11 Å². The van der Waals surface area contributed by atoms with Gasteiger partial charge >= 0.3 is 5.97 Å². The maximum Gasteiger partial charge on any atom is 0.339 e. The predicted octanol–water partition coefficient (Wildman–Crippen LogP) is 0.833. The van der Waals surface area contributed by atoms with E-state index in [1.165, 1.54) is 6.92 Å². The van der Waals surface area contributed by atoms with Gasteiger partial charge in [-0.1, -0.05) is 0 Å². The molecule has 88 valence electrons. The summed E-state index contributed by atoms with van der Waals surface area (Å²) >= 11 is 0. The average molecular weight is 230 g/mol. The number of rotatable bonds is 3. The van der Waals surface area contributed by atoms with Crippen molar-refractivity contribution in [3.63, 3.8) is 0 Å². The molecule has 3 N–H and O–H groups in total. The van der Waals surface area contributed by atoms with Gasteiger partial charge in [0.15, 0.2) is 17.6 Å². The van der Waals surface area contributed by atoms with Crippen LogP contribution in [0.4, 0.5) is 4.39 Å². The van der Waals surface area contributed by atoms with Crippen LogP contribution in [0.2, 0.25) is 0 Å². The van der Waals surface area contributed by atoms with Crippen LogP contribution in [0.3, 0.4) is 0 Å². The van der Waals surface area contributed by atoms with Crippen LogP contribution in [-0.4, -0.2) is 27.9 Å². The van der Waals surface area contributed by atoms with Gasteiger partial charge in [-0.2, -0.15) is 0 Å². The molecule has 1 unspecified atom stereocenters. The van der Waals surface area contributed by atoms with Crippen LogP contribution >= 0.6 is 0 Å². The van der Waals surface area contributed by atoms with Gasteiger partial charge in [-0.3, -0.25) is 0 Å². The Balaban J connectivity index is 3.12. The van der Waals surface area contributed by atoms with Crippen molar-refractivity contribution in [1.82, 2.24) is 0 Å². The Kier molecular flexibility index (Phi) is 3.68. The third-order valence-electron chi connectivity index (χ3n) is 1.93. The molecule has 0 heterocycles. The van der Waals surface area contributed by atoms with Gasteiger partial charge in [-0.05, 0) is 19.1 Å². The molecule has 0 aliphatic rings. The number of benzene rings is 1. The normalized spacial score (nSPS) is 12.2. The first-order valence-corrected chi connectivity index (χ1v) is 4.54. The molecule has 0 amide bonds. The molecule has 1 aromatic rings. The fourth-order valence-corrected chi connectivity index (χ4v) is 1.17. The number of aliphatic hydroxyl groups is 1. The predicted molar refractivity (Wildman–Crippen MR) is 51.3 cm³/mol. The first-order valence-electron chi connectivity index (χ1n) is 4.54. The van der Waals surface area contributed by atoms with Crippen molar-refractivity contribution < 1.29 is 29.2 Å². The number of hydrogen-bond acceptors (Lipinski definition) is 5. The monoisotopic (exact) mass is 230 g/mol. The van der Waals surface area contributed by atoms with Crippen molar-refractivity contribution in [1.29, 1.82) is 0 Å². The number of aliphatic hydroxyl groups excluding tert-OH is 1. The molecular weight excluding hydrogens is 219 g/mol. The average Bonchev–Trinajstić information content (AvgIpc) is 2.24. The van der Waals surface area contributed by atoms with Crippen LogP contribution in [0.5, 0.6) is 11.5 Å². The van der Waals surface area contributed by atoms with Crippen LogP contribution in [0.25, 0.3) is 0 Å². The Bertz CT molecular complexity index is 404. The molecular formula is C10H11FO5. The van der Waals surface area contributed by atoms with Crippen molar-refractivity contribution in [2.45, 2.75) is 13.0 Å². The number of esters is 1. The molecule has 0 bridgehead atoms. The molecule has 6 heteroatoms. The topological polar surface area (TPSA) is 87.0 Å².